The number of ether oxygens (including phenoxy) is 2. The monoisotopic (exact) mass is 532 g/mol. The fourth-order valence-corrected chi connectivity index (χ4v) is 8.45. The zero-order chi connectivity index (χ0) is 27.3. The van der Waals surface area contributed by atoms with Crippen molar-refractivity contribution in [3.8, 4) is 0 Å². The van der Waals surface area contributed by atoms with Crippen LogP contribution < -0.4 is 0 Å². The first kappa shape index (κ1) is 28.1. The minimum absolute atomic E-state index is 0.0185. The van der Waals surface area contributed by atoms with Crippen molar-refractivity contribution < 1.29 is 33.8 Å². The zero-order valence-corrected chi connectivity index (χ0v) is 23.6. The van der Waals surface area contributed by atoms with Gasteiger partial charge in [0, 0.05) is 16.7 Å². The molecule has 7 nitrogen and oxygen atoms in total. The molecule has 0 aromatic carbocycles. The van der Waals surface area contributed by atoms with Crippen LogP contribution in [0.5, 0.6) is 0 Å². The maximum atomic E-state index is 13.9. The Balaban J connectivity index is 1.72. The van der Waals surface area contributed by atoms with Gasteiger partial charge in [-0.1, -0.05) is 46.3 Å². The van der Waals surface area contributed by atoms with Gasteiger partial charge in [-0.3, -0.25) is 19.2 Å². The smallest absolute Gasteiger partial charge is 0.316 e. The molecule has 0 aromatic heterocycles. The Kier molecular flexibility index (Phi) is 7.58. The van der Waals surface area contributed by atoms with E-state index in [9.17, 15) is 24.3 Å². The summed E-state index contributed by atoms with van der Waals surface area (Å²) in [5, 5.41) is 11.7. The van der Waals surface area contributed by atoms with Crippen LogP contribution in [0.25, 0.3) is 0 Å². The highest BCUT2D eigenvalue weighted by Crippen LogP contribution is 2.68. The van der Waals surface area contributed by atoms with Gasteiger partial charge in [0.1, 0.15) is 0 Å². The molecule has 3 saturated carbocycles. The summed E-state index contributed by atoms with van der Waals surface area (Å²) in [5.74, 6) is -1.54. The number of Topliss-reactive ketones (excluding diaryl/α,β-unsaturated/α-hetero) is 1. The summed E-state index contributed by atoms with van der Waals surface area (Å²) in [6, 6.07) is 0. The molecule has 204 valence electrons. The summed E-state index contributed by atoms with van der Waals surface area (Å²) >= 11 is 1.31. The SMILES string of the molecule is CSCC(=O)OCC(=O)[C@@]1(OC(=O)C(C)C)CC[C@H]2[C@@H]3C[C@H](C)C4=CC(=O)C=C[C@]4(C)[C@H]3[C@@H](O)C[C@@]21C. The fourth-order valence-electron chi connectivity index (χ4n) is 8.13. The molecule has 4 rings (SSSR count). The fraction of sp³-hybridized carbons (Fsp3) is 0.724. The maximum absolute atomic E-state index is 13.9. The molecule has 0 spiro atoms. The second-order valence-corrected chi connectivity index (χ2v) is 13.1. The molecule has 8 heteroatoms. The zero-order valence-electron chi connectivity index (χ0n) is 22.7. The van der Waals surface area contributed by atoms with Crippen LogP contribution in [0.15, 0.2) is 23.8 Å². The predicted molar refractivity (Wildman–Crippen MR) is 141 cm³/mol. The first-order chi connectivity index (χ1) is 17.3. The second kappa shape index (κ2) is 9.99. The Bertz CT molecular complexity index is 1050. The number of carbonyl (C=O) groups is 4. The number of aliphatic hydroxyl groups is 1. The highest BCUT2D eigenvalue weighted by Gasteiger charge is 2.70. The van der Waals surface area contributed by atoms with Crippen LogP contribution in [0.2, 0.25) is 0 Å². The van der Waals surface area contributed by atoms with E-state index < -0.39 is 52.8 Å². The highest BCUT2D eigenvalue weighted by atomic mass is 32.2. The Morgan fingerprint density at radius 1 is 1.24 bits per heavy atom. The summed E-state index contributed by atoms with van der Waals surface area (Å²) in [5.41, 5.74) is -1.67. The van der Waals surface area contributed by atoms with Crippen molar-refractivity contribution >= 4 is 35.3 Å². The lowest BCUT2D eigenvalue weighted by Gasteiger charge is -2.61. The quantitative estimate of drug-likeness (QED) is 0.492. The number of thioether (sulfide) groups is 1. The number of ketones is 2. The van der Waals surface area contributed by atoms with Gasteiger partial charge in [0.2, 0.25) is 5.78 Å². The highest BCUT2D eigenvalue weighted by molar-refractivity contribution is 7.99. The molecule has 8 atom stereocenters. The van der Waals surface area contributed by atoms with E-state index in [1.807, 2.05) is 13.0 Å². The molecule has 1 N–H and O–H groups in total. The summed E-state index contributed by atoms with van der Waals surface area (Å²) in [6.45, 7) is 9.21. The largest absolute Gasteiger partial charge is 0.457 e. The Morgan fingerprint density at radius 2 is 1.95 bits per heavy atom. The van der Waals surface area contributed by atoms with Crippen molar-refractivity contribution in [1.29, 1.82) is 0 Å². The van der Waals surface area contributed by atoms with Gasteiger partial charge in [0.15, 0.2) is 18.0 Å². The third kappa shape index (κ3) is 4.42. The standard InChI is InChI=1S/C29H40O7S/c1-16(2)26(34)36-29(23(32)14-35-24(33)15-37-6)10-8-20-19-11-17(3)21-12-18(30)7-9-27(21,4)25(19)22(31)13-28(20,29)5/h7,9,12,16-17,19-20,22,25,31H,8,10-11,13-15H2,1-6H3/t17-,19-,20-,22-,25+,27-,28-,29-/m0/s1. The Morgan fingerprint density at radius 3 is 2.59 bits per heavy atom. The number of esters is 2. The van der Waals surface area contributed by atoms with E-state index in [4.69, 9.17) is 9.47 Å². The van der Waals surface area contributed by atoms with E-state index in [1.165, 1.54) is 11.8 Å². The molecule has 4 aliphatic rings. The minimum Gasteiger partial charge on any atom is -0.457 e. The first-order valence-corrected chi connectivity index (χ1v) is 14.7. The molecule has 0 saturated heterocycles. The summed E-state index contributed by atoms with van der Waals surface area (Å²) in [7, 11) is 0. The van der Waals surface area contributed by atoms with Crippen molar-refractivity contribution in [3.05, 3.63) is 23.8 Å². The van der Waals surface area contributed by atoms with E-state index in [2.05, 4.69) is 13.8 Å². The van der Waals surface area contributed by atoms with Crippen LogP contribution in [0, 0.1) is 40.4 Å². The van der Waals surface area contributed by atoms with Crippen LogP contribution in [0.3, 0.4) is 0 Å². The van der Waals surface area contributed by atoms with Gasteiger partial charge in [-0.05, 0) is 61.8 Å². The number of carbonyl (C=O) groups excluding carboxylic acids is 4. The van der Waals surface area contributed by atoms with Crippen molar-refractivity contribution in [2.75, 3.05) is 18.6 Å². The average molecular weight is 533 g/mol. The van der Waals surface area contributed by atoms with Crippen LogP contribution in [0.1, 0.15) is 60.3 Å². The van der Waals surface area contributed by atoms with E-state index in [0.717, 1.165) is 12.0 Å². The van der Waals surface area contributed by atoms with Crippen molar-refractivity contribution in [1.82, 2.24) is 0 Å². The van der Waals surface area contributed by atoms with Crippen LogP contribution in [0.4, 0.5) is 0 Å². The maximum Gasteiger partial charge on any atom is 0.316 e. The van der Waals surface area contributed by atoms with Gasteiger partial charge in [0.05, 0.1) is 17.8 Å². The molecular weight excluding hydrogens is 492 g/mol. The first-order valence-electron chi connectivity index (χ1n) is 13.3. The number of rotatable bonds is 7. The molecule has 37 heavy (non-hydrogen) atoms. The molecule has 0 unspecified atom stereocenters. The number of aliphatic hydroxyl groups excluding tert-OH is 1. The average Bonchev–Trinajstić information content (AvgIpc) is 3.11. The molecule has 0 bridgehead atoms. The van der Waals surface area contributed by atoms with Crippen molar-refractivity contribution in [2.24, 2.45) is 40.4 Å². The summed E-state index contributed by atoms with van der Waals surface area (Å²) < 4.78 is 11.4. The lowest BCUT2D eigenvalue weighted by Crippen LogP contribution is -2.63. The van der Waals surface area contributed by atoms with Gasteiger partial charge in [0.25, 0.3) is 0 Å². The normalized spacial score (nSPS) is 40.4. The van der Waals surface area contributed by atoms with Gasteiger partial charge >= 0.3 is 11.9 Å². The van der Waals surface area contributed by atoms with Crippen molar-refractivity contribution in [2.45, 2.75) is 72.0 Å². The van der Waals surface area contributed by atoms with E-state index >= 15 is 0 Å². The Hall–Kier alpha value is -1.93. The van der Waals surface area contributed by atoms with E-state index in [-0.39, 0.29) is 41.6 Å². The van der Waals surface area contributed by atoms with Gasteiger partial charge in [-0.15, -0.1) is 0 Å². The lowest BCUT2D eigenvalue weighted by atomic mass is 9.44. The third-order valence-corrected chi connectivity index (χ3v) is 10.3. The predicted octanol–water partition coefficient (Wildman–Crippen LogP) is 3.92. The topological polar surface area (TPSA) is 107 Å². The van der Waals surface area contributed by atoms with Crippen molar-refractivity contribution in [3.63, 3.8) is 0 Å². The van der Waals surface area contributed by atoms with Gasteiger partial charge in [-0.25, -0.2) is 0 Å². The summed E-state index contributed by atoms with van der Waals surface area (Å²) in [4.78, 5) is 51.1. The molecule has 0 radical (unpaired) electrons. The van der Waals surface area contributed by atoms with E-state index in [0.29, 0.717) is 12.8 Å². The van der Waals surface area contributed by atoms with Crippen LogP contribution >= 0.6 is 11.8 Å². The number of fused-ring (bicyclic) bond motifs is 5. The molecule has 0 heterocycles. The summed E-state index contributed by atoms with van der Waals surface area (Å²) in [6.07, 6.45) is 8.40. The molecule has 0 aromatic rings. The lowest BCUT2D eigenvalue weighted by molar-refractivity contribution is -0.204. The third-order valence-electron chi connectivity index (χ3n) is 9.76. The van der Waals surface area contributed by atoms with Gasteiger partial charge in [-0.2, -0.15) is 11.8 Å². The van der Waals surface area contributed by atoms with Gasteiger partial charge < -0.3 is 14.6 Å². The molecule has 0 amide bonds. The minimum atomic E-state index is -1.47. The molecule has 0 aliphatic heterocycles. The number of allylic oxidation sites excluding steroid dienone is 4. The Labute approximate surface area is 223 Å². The molecule has 3 fully saturated rings. The number of hydrogen-bond donors (Lipinski definition) is 1. The van der Waals surface area contributed by atoms with Crippen LogP contribution in [-0.4, -0.2) is 58.9 Å². The molecular formula is C29H40O7S. The second-order valence-electron chi connectivity index (χ2n) is 12.2. The van der Waals surface area contributed by atoms with E-state index in [1.54, 1.807) is 32.3 Å². The molecule has 4 aliphatic carbocycles. The van der Waals surface area contributed by atoms with Crippen LogP contribution in [-0.2, 0) is 28.7 Å². The number of hydrogen-bond acceptors (Lipinski definition) is 8.